The Kier molecular flexibility index (Phi) is 4.32. The van der Waals surface area contributed by atoms with Gasteiger partial charge in [0.25, 0.3) is 0 Å². The first-order chi connectivity index (χ1) is 12.2. The van der Waals surface area contributed by atoms with Gasteiger partial charge in [-0.2, -0.15) is 0 Å². The van der Waals surface area contributed by atoms with E-state index in [1.807, 2.05) is 30.3 Å². The average Bonchev–Trinajstić information content (AvgIpc) is 2.68. The highest BCUT2D eigenvalue weighted by Crippen LogP contribution is 2.33. The number of nitrogens with one attached hydrogen (secondary N) is 1. The monoisotopic (exact) mass is 338 g/mol. The summed E-state index contributed by atoms with van der Waals surface area (Å²) in [6.07, 6.45) is 0.427. The quantitative estimate of drug-likeness (QED) is 0.872. The maximum atomic E-state index is 12.6. The lowest BCUT2D eigenvalue weighted by Crippen LogP contribution is -2.43. The zero-order chi connectivity index (χ0) is 17.2. The van der Waals surface area contributed by atoms with Gasteiger partial charge in [-0.15, -0.1) is 0 Å². The van der Waals surface area contributed by atoms with Crippen molar-refractivity contribution in [3.63, 3.8) is 0 Å². The molecular weight excluding hydrogens is 316 g/mol. The van der Waals surface area contributed by atoms with Crippen LogP contribution in [0.3, 0.4) is 0 Å². The SMILES string of the molecule is COc1cccc(C2Cc3ccc(N4CCNCC4)cc3C(=O)O2)c1. The van der Waals surface area contributed by atoms with Crippen molar-refractivity contribution in [2.24, 2.45) is 0 Å². The van der Waals surface area contributed by atoms with E-state index in [2.05, 4.69) is 22.3 Å². The van der Waals surface area contributed by atoms with Gasteiger partial charge in [0.1, 0.15) is 11.9 Å². The number of fused-ring (bicyclic) bond motifs is 1. The molecule has 1 saturated heterocycles. The predicted molar refractivity (Wildman–Crippen MR) is 96.4 cm³/mol. The fourth-order valence-corrected chi connectivity index (χ4v) is 3.51. The Morgan fingerprint density at radius 2 is 2.00 bits per heavy atom. The fourth-order valence-electron chi connectivity index (χ4n) is 3.51. The van der Waals surface area contributed by atoms with Gasteiger partial charge in [0.2, 0.25) is 0 Å². The van der Waals surface area contributed by atoms with Gasteiger partial charge in [-0.05, 0) is 35.4 Å². The molecule has 1 unspecified atom stereocenters. The molecule has 1 fully saturated rings. The third kappa shape index (κ3) is 3.20. The summed E-state index contributed by atoms with van der Waals surface area (Å²) in [5.41, 5.74) is 3.79. The normalized spacial score (nSPS) is 20.0. The molecule has 1 N–H and O–H groups in total. The first-order valence-electron chi connectivity index (χ1n) is 8.68. The molecular formula is C20H22N2O3. The summed E-state index contributed by atoms with van der Waals surface area (Å²) in [6.45, 7) is 3.86. The van der Waals surface area contributed by atoms with Gasteiger partial charge in [-0.1, -0.05) is 18.2 Å². The second-order valence-corrected chi connectivity index (χ2v) is 6.45. The van der Waals surface area contributed by atoms with Gasteiger partial charge in [0.05, 0.1) is 12.7 Å². The Hall–Kier alpha value is -2.53. The molecule has 2 aromatic rings. The van der Waals surface area contributed by atoms with Crippen LogP contribution >= 0.6 is 0 Å². The molecule has 0 amide bonds. The molecule has 1 atom stereocenters. The number of esters is 1. The maximum absolute atomic E-state index is 12.6. The first kappa shape index (κ1) is 16.0. The Balaban J connectivity index is 1.59. The molecule has 2 heterocycles. The molecule has 0 bridgehead atoms. The summed E-state index contributed by atoms with van der Waals surface area (Å²) in [7, 11) is 1.64. The lowest BCUT2D eigenvalue weighted by molar-refractivity contribution is 0.0252. The molecule has 0 saturated carbocycles. The number of rotatable bonds is 3. The summed E-state index contributed by atoms with van der Waals surface area (Å²) in [5, 5.41) is 3.35. The van der Waals surface area contributed by atoms with Gasteiger partial charge in [-0.3, -0.25) is 0 Å². The van der Waals surface area contributed by atoms with E-state index in [1.54, 1.807) is 7.11 Å². The van der Waals surface area contributed by atoms with E-state index in [0.717, 1.165) is 48.7 Å². The van der Waals surface area contributed by atoms with Crippen LogP contribution in [0.1, 0.15) is 27.6 Å². The number of methoxy groups -OCH3 is 1. The lowest BCUT2D eigenvalue weighted by atomic mass is 9.94. The van der Waals surface area contributed by atoms with E-state index >= 15 is 0 Å². The zero-order valence-corrected chi connectivity index (χ0v) is 14.3. The number of piperazine rings is 1. The standard InChI is InChI=1S/C20H22N2O3/c1-24-17-4-2-3-15(11-17)19-12-14-5-6-16(13-18(14)20(23)25-19)22-9-7-21-8-10-22/h2-6,11,13,19,21H,7-10,12H2,1H3. The molecule has 25 heavy (non-hydrogen) atoms. The molecule has 5 heteroatoms. The number of ether oxygens (including phenoxy) is 2. The van der Waals surface area contributed by atoms with Crippen molar-refractivity contribution in [1.82, 2.24) is 5.32 Å². The highest BCUT2D eigenvalue weighted by atomic mass is 16.5. The largest absolute Gasteiger partial charge is 0.497 e. The lowest BCUT2D eigenvalue weighted by Gasteiger charge is -2.31. The minimum atomic E-state index is -0.264. The van der Waals surface area contributed by atoms with Gasteiger partial charge in [0, 0.05) is 38.3 Å². The minimum absolute atomic E-state index is 0.244. The number of hydrogen-bond acceptors (Lipinski definition) is 5. The third-order valence-electron chi connectivity index (χ3n) is 4.92. The van der Waals surface area contributed by atoms with Gasteiger partial charge in [-0.25, -0.2) is 4.79 Å². The van der Waals surface area contributed by atoms with E-state index in [1.165, 1.54) is 0 Å². The molecule has 0 aliphatic carbocycles. The van der Waals surface area contributed by atoms with E-state index in [9.17, 15) is 4.79 Å². The molecule has 5 nitrogen and oxygen atoms in total. The van der Waals surface area contributed by atoms with Gasteiger partial charge >= 0.3 is 5.97 Å². The molecule has 0 aromatic heterocycles. The van der Waals surface area contributed by atoms with Crippen LogP contribution in [0.2, 0.25) is 0 Å². The van der Waals surface area contributed by atoms with E-state index in [0.29, 0.717) is 12.0 Å². The number of anilines is 1. The average molecular weight is 338 g/mol. The van der Waals surface area contributed by atoms with Crippen LogP contribution in [0.25, 0.3) is 0 Å². The summed E-state index contributed by atoms with van der Waals surface area (Å²) < 4.78 is 11.0. The Labute approximate surface area is 147 Å². The number of hydrogen-bond donors (Lipinski definition) is 1. The Morgan fingerprint density at radius 1 is 1.16 bits per heavy atom. The van der Waals surface area contributed by atoms with E-state index in [4.69, 9.17) is 9.47 Å². The fraction of sp³-hybridized carbons (Fsp3) is 0.350. The number of carbonyl (C=O) groups is 1. The summed E-state index contributed by atoms with van der Waals surface area (Å²) in [4.78, 5) is 14.9. The molecule has 0 spiro atoms. The van der Waals surface area contributed by atoms with Crippen molar-refractivity contribution < 1.29 is 14.3 Å². The number of nitrogens with zero attached hydrogens (tertiary/aromatic N) is 1. The first-order valence-corrected chi connectivity index (χ1v) is 8.68. The highest BCUT2D eigenvalue weighted by molar-refractivity contribution is 5.93. The maximum Gasteiger partial charge on any atom is 0.339 e. The predicted octanol–water partition coefficient (Wildman–Crippen LogP) is 2.56. The van der Waals surface area contributed by atoms with Crippen molar-refractivity contribution in [3.8, 4) is 5.75 Å². The van der Waals surface area contributed by atoms with Crippen LogP contribution < -0.4 is 15.0 Å². The zero-order valence-electron chi connectivity index (χ0n) is 14.3. The van der Waals surface area contributed by atoms with Gasteiger partial charge in [0.15, 0.2) is 0 Å². The third-order valence-corrected chi connectivity index (χ3v) is 4.92. The van der Waals surface area contributed by atoms with Crippen LogP contribution in [0.15, 0.2) is 42.5 Å². The van der Waals surface area contributed by atoms with Crippen LogP contribution in [0.5, 0.6) is 5.75 Å². The highest BCUT2D eigenvalue weighted by Gasteiger charge is 2.28. The Morgan fingerprint density at radius 3 is 2.80 bits per heavy atom. The van der Waals surface area contributed by atoms with Crippen LogP contribution in [0.4, 0.5) is 5.69 Å². The van der Waals surface area contributed by atoms with Gasteiger partial charge < -0.3 is 19.7 Å². The topological polar surface area (TPSA) is 50.8 Å². The van der Waals surface area contributed by atoms with E-state index in [-0.39, 0.29) is 12.1 Å². The van der Waals surface area contributed by atoms with Crippen molar-refractivity contribution >= 4 is 11.7 Å². The second kappa shape index (κ2) is 6.76. The molecule has 2 aliphatic heterocycles. The minimum Gasteiger partial charge on any atom is -0.497 e. The number of cyclic esters (lactones) is 1. The smallest absolute Gasteiger partial charge is 0.339 e. The molecule has 2 aliphatic rings. The number of carbonyl (C=O) groups excluding carboxylic acids is 1. The van der Waals surface area contributed by atoms with Crippen molar-refractivity contribution in [3.05, 3.63) is 59.2 Å². The van der Waals surface area contributed by atoms with Crippen LogP contribution in [-0.4, -0.2) is 39.3 Å². The molecule has 0 radical (unpaired) electrons. The van der Waals surface area contributed by atoms with Crippen molar-refractivity contribution in [1.29, 1.82) is 0 Å². The number of benzene rings is 2. The van der Waals surface area contributed by atoms with E-state index < -0.39 is 0 Å². The summed E-state index contributed by atoms with van der Waals surface area (Å²) in [5.74, 6) is 0.527. The van der Waals surface area contributed by atoms with Crippen molar-refractivity contribution in [2.75, 3.05) is 38.2 Å². The molecule has 130 valence electrons. The second-order valence-electron chi connectivity index (χ2n) is 6.45. The molecule has 2 aromatic carbocycles. The van der Waals surface area contributed by atoms with Crippen molar-refractivity contribution in [2.45, 2.75) is 12.5 Å². The summed E-state index contributed by atoms with van der Waals surface area (Å²) >= 11 is 0. The van der Waals surface area contributed by atoms with Crippen LogP contribution in [-0.2, 0) is 11.2 Å². The molecule has 4 rings (SSSR count). The summed E-state index contributed by atoms with van der Waals surface area (Å²) in [6, 6.07) is 13.9. The Bertz CT molecular complexity index is 784. The van der Waals surface area contributed by atoms with Crippen LogP contribution in [0, 0.1) is 0 Å².